The van der Waals surface area contributed by atoms with Gasteiger partial charge in [0.05, 0.1) is 4.92 Å². The van der Waals surface area contributed by atoms with Crippen LogP contribution in [-0.2, 0) is 4.79 Å². The minimum absolute atomic E-state index is 0.0837. The SMILES string of the molecule is Nc1ccc(N2CC(S)CC2=O)c([N+](=O)[O-])c1. The van der Waals surface area contributed by atoms with Crippen LogP contribution in [0.15, 0.2) is 18.2 Å². The van der Waals surface area contributed by atoms with E-state index in [0.717, 1.165) is 0 Å². The fourth-order valence-corrected chi connectivity index (χ4v) is 2.16. The summed E-state index contributed by atoms with van der Waals surface area (Å²) in [6, 6.07) is 4.30. The Kier molecular flexibility index (Phi) is 2.93. The number of amides is 1. The molecule has 1 saturated heterocycles. The normalized spacial score (nSPS) is 19.7. The van der Waals surface area contributed by atoms with Gasteiger partial charge in [-0.05, 0) is 12.1 Å². The predicted molar refractivity (Wildman–Crippen MR) is 67.3 cm³/mol. The summed E-state index contributed by atoms with van der Waals surface area (Å²) in [5.41, 5.74) is 5.93. The molecule has 6 nitrogen and oxygen atoms in total. The van der Waals surface area contributed by atoms with Gasteiger partial charge in [0.25, 0.3) is 5.69 Å². The zero-order valence-corrected chi connectivity index (χ0v) is 9.76. The van der Waals surface area contributed by atoms with Gasteiger partial charge in [0, 0.05) is 30.0 Å². The molecule has 0 spiro atoms. The molecule has 0 bridgehead atoms. The fourth-order valence-electron chi connectivity index (χ4n) is 1.84. The Labute approximate surface area is 103 Å². The van der Waals surface area contributed by atoms with E-state index in [9.17, 15) is 14.9 Å². The first-order valence-electron chi connectivity index (χ1n) is 5.01. The van der Waals surface area contributed by atoms with E-state index in [0.29, 0.717) is 18.7 Å². The maximum absolute atomic E-state index is 11.7. The molecule has 0 aliphatic carbocycles. The molecule has 2 N–H and O–H groups in total. The van der Waals surface area contributed by atoms with Crippen molar-refractivity contribution in [3.8, 4) is 0 Å². The van der Waals surface area contributed by atoms with Crippen molar-refractivity contribution in [1.29, 1.82) is 0 Å². The van der Waals surface area contributed by atoms with Crippen LogP contribution in [0.5, 0.6) is 0 Å². The standard InChI is InChI=1S/C10H11N3O3S/c11-6-1-2-8(9(3-6)13(15)16)12-5-7(17)4-10(12)14/h1-3,7,17H,4-5,11H2. The van der Waals surface area contributed by atoms with Crippen molar-refractivity contribution in [1.82, 2.24) is 0 Å². The van der Waals surface area contributed by atoms with Crippen molar-refractivity contribution >= 4 is 35.6 Å². The Morgan fingerprint density at radius 2 is 2.24 bits per heavy atom. The summed E-state index contributed by atoms with van der Waals surface area (Å²) >= 11 is 4.21. The van der Waals surface area contributed by atoms with E-state index >= 15 is 0 Å². The van der Waals surface area contributed by atoms with Gasteiger partial charge in [-0.25, -0.2) is 0 Å². The highest BCUT2D eigenvalue weighted by Crippen LogP contribution is 2.33. The van der Waals surface area contributed by atoms with Crippen LogP contribution in [0.25, 0.3) is 0 Å². The van der Waals surface area contributed by atoms with Crippen LogP contribution in [0.4, 0.5) is 17.1 Å². The lowest BCUT2D eigenvalue weighted by molar-refractivity contribution is -0.384. The number of carbonyl (C=O) groups is 1. The summed E-state index contributed by atoms with van der Waals surface area (Å²) in [6.45, 7) is 0.382. The number of hydrogen-bond acceptors (Lipinski definition) is 5. The lowest BCUT2D eigenvalue weighted by Crippen LogP contribution is -2.25. The van der Waals surface area contributed by atoms with Gasteiger partial charge in [0.15, 0.2) is 0 Å². The van der Waals surface area contributed by atoms with Crippen molar-refractivity contribution in [2.45, 2.75) is 11.7 Å². The molecule has 1 atom stereocenters. The predicted octanol–water partition coefficient (Wildman–Crippen LogP) is 1.21. The van der Waals surface area contributed by atoms with Crippen molar-refractivity contribution in [3.05, 3.63) is 28.3 Å². The summed E-state index contributed by atoms with van der Waals surface area (Å²) in [5, 5.41) is 10.8. The zero-order valence-electron chi connectivity index (χ0n) is 8.87. The highest BCUT2D eigenvalue weighted by molar-refractivity contribution is 7.81. The fraction of sp³-hybridized carbons (Fsp3) is 0.300. The van der Waals surface area contributed by atoms with Gasteiger partial charge in [-0.2, -0.15) is 12.6 Å². The van der Waals surface area contributed by atoms with Crippen LogP contribution < -0.4 is 10.6 Å². The Morgan fingerprint density at radius 1 is 1.53 bits per heavy atom. The molecule has 1 aliphatic heterocycles. The molecule has 1 aliphatic rings. The van der Waals surface area contributed by atoms with Crippen LogP contribution >= 0.6 is 12.6 Å². The van der Waals surface area contributed by atoms with Crippen LogP contribution in [0, 0.1) is 10.1 Å². The highest BCUT2D eigenvalue weighted by Gasteiger charge is 2.32. The minimum atomic E-state index is -0.537. The number of thiol groups is 1. The molecular formula is C10H11N3O3S. The molecule has 17 heavy (non-hydrogen) atoms. The van der Waals surface area contributed by atoms with Gasteiger partial charge in [0.1, 0.15) is 5.69 Å². The monoisotopic (exact) mass is 253 g/mol. The second-order valence-electron chi connectivity index (χ2n) is 3.87. The van der Waals surface area contributed by atoms with Gasteiger partial charge in [-0.3, -0.25) is 14.9 Å². The molecule has 1 heterocycles. The molecule has 1 unspecified atom stereocenters. The number of hydrogen-bond donors (Lipinski definition) is 2. The number of rotatable bonds is 2. The second kappa shape index (κ2) is 4.25. The average Bonchev–Trinajstić information content (AvgIpc) is 2.57. The van der Waals surface area contributed by atoms with E-state index in [4.69, 9.17) is 5.73 Å². The first kappa shape index (κ1) is 11.7. The van der Waals surface area contributed by atoms with Crippen molar-refractivity contribution < 1.29 is 9.72 Å². The number of nitrogens with zero attached hydrogens (tertiary/aromatic N) is 2. The number of carbonyl (C=O) groups excluding carboxylic acids is 1. The van der Waals surface area contributed by atoms with Gasteiger partial charge in [-0.15, -0.1) is 0 Å². The number of nitro groups is 1. The minimum Gasteiger partial charge on any atom is -0.399 e. The largest absolute Gasteiger partial charge is 0.399 e. The molecule has 1 fully saturated rings. The molecule has 1 amide bonds. The van der Waals surface area contributed by atoms with E-state index in [2.05, 4.69) is 12.6 Å². The van der Waals surface area contributed by atoms with E-state index < -0.39 is 4.92 Å². The third kappa shape index (κ3) is 2.19. The Balaban J connectivity index is 2.45. The van der Waals surface area contributed by atoms with Crippen LogP contribution in [-0.4, -0.2) is 22.6 Å². The number of benzene rings is 1. The summed E-state index contributed by atoms with van der Waals surface area (Å²) in [6.07, 6.45) is 0.296. The Bertz CT molecular complexity index is 492. The van der Waals surface area contributed by atoms with E-state index in [1.165, 1.54) is 17.0 Å². The Morgan fingerprint density at radius 3 is 2.76 bits per heavy atom. The molecular weight excluding hydrogens is 242 g/mol. The quantitative estimate of drug-likeness (QED) is 0.359. The lowest BCUT2D eigenvalue weighted by Gasteiger charge is -2.16. The van der Waals surface area contributed by atoms with Gasteiger partial charge < -0.3 is 10.6 Å². The molecule has 0 aromatic heterocycles. The molecule has 0 radical (unpaired) electrons. The number of nitrogen functional groups attached to an aromatic ring is 1. The van der Waals surface area contributed by atoms with Gasteiger partial charge in [-0.1, -0.05) is 0 Å². The second-order valence-corrected chi connectivity index (χ2v) is 4.60. The smallest absolute Gasteiger partial charge is 0.295 e. The maximum Gasteiger partial charge on any atom is 0.295 e. The molecule has 7 heteroatoms. The van der Waals surface area contributed by atoms with E-state index in [1.807, 2.05) is 0 Å². The molecule has 1 aromatic rings. The molecule has 2 rings (SSSR count). The van der Waals surface area contributed by atoms with Crippen LogP contribution in [0.1, 0.15) is 6.42 Å². The highest BCUT2D eigenvalue weighted by atomic mass is 32.1. The molecule has 1 aromatic carbocycles. The van der Waals surface area contributed by atoms with Gasteiger partial charge in [0.2, 0.25) is 5.91 Å². The van der Waals surface area contributed by atoms with Crippen LogP contribution in [0.3, 0.4) is 0 Å². The number of nitro benzene ring substituents is 1. The van der Waals surface area contributed by atoms with E-state index in [1.54, 1.807) is 6.07 Å². The molecule has 0 saturated carbocycles. The van der Waals surface area contributed by atoms with Crippen molar-refractivity contribution in [2.24, 2.45) is 0 Å². The topological polar surface area (TPSA) is 89.5 Å². The number of nitrogens with two attached hydrogens (primary N) is 1. The third-order valence-electron chi connectivity index (χ3n) is 2.59. The first-order valence-corrected chi connectivity index (χ1v) is 5.53. The summed E-state index contributed by atoms with van der Waals surface area (Å²) in [7, 11) is 0. The Hall–Kier alpha value is -1.76. The van der Waals surface area contributed by atoms with E-state index in [-0.39, 0.29) is 22.5 Å². The summed E-state index contributed by atoms with van der Waals surface area (Å²) in [4.78, 5) is 23.4. The number of anilines is 2. The van der Waals surface area contributed by atoms with Crippen molar-refractivity contribution in [3.63, 3.8) is 0 Å². The zero-order chi connectivity index (χ0) is 12.6. The first-order chi connectivity index (χ1) is 7.99. The van der Waals surface area contributed by atoms with Crippen LogP contribution in [0.2, 0.25) is 0 Å². The van der Waals surface area contributed by atoms with Gasteiger partial charge >= 0.3 is 0 Å². The third-order valence-corrected chi connectivity index (χ3v) is 2.94. The summed E-state index contributed by atoms with van der Waals surface area (Å²) in [5.74, 6) is -0.155. The average molecular weight is 253 g/mol. The molecule has 90 valence electrons. The lowest BCUT2D eigenvalue weighted by atomic mass is 10.2. The summed E-state index contributed by atoms with van der Waals surface area (Å²) < 4.78 is 0. The maximum atomic E-state index is 11.7. The van der Waals surface area contributed by atoms with Crippen molar-refractivity contribution in [2.75, 3.05) is 17.2 Å².